The molecule has 2 aromatic carbocycles. The zero-order valence-electron chi connectivity index (χ0n) is 23.1. The van der Waals surface area contributed by atoms with E-state index in [1.54, 1.807) is 0 Å². The highest BCUT2D eigenvalue weighted by molar-refractivity contribution is 8.00. The Morgan fingerprint density at radius 2 is 1.00 bits per heavy atom. The maximum Gasteiger partial charge on any atom is 0.269 e. The summed E-state index contributed by atoms with van der Waals surface area (Å²) in [7, 11) is 0. The second kappa shape index (κ2) is 14.5. The molecule has 2 aliphatic heterocycles. The van der Waals surface area contributed by atoms with Crippen molar-refractivity contribution < 1.29 is 59.5 Å². The molecule has 0 bridgehead atoms. The maximum absolute atomic E-state index is 12.9. The topological polar surface area (TPSA) is 284 Å². The van der Waals surface area contributed by atoms with E-state index < -0.39 is 94.5 Å². The Labute approximate surface area is 257 Å². The highest BCUT2D eigenvalue weighted by Crippen LogP contribution is 2.37. The van der Waals surface area contributed by atoms with Crippen molar-refractivity contribution in [2.24, 2.45) is 0 Å². The quantitative estimate of drug-likeness (QED) is 0.102. The number of benzene rings is 2. The molecule has 0 saturated carbocycles. The monoisotopic (exact) mass is 654 g/mol. The van der Waals surface area contributed by atoms with Gasteiger partial charge in [0.05, 0.1) is 35.1 Å². The number of nitrogens with one attached hydrogen (secondary N) is 2. The molecule has 2 aliphatic rings. The minimum Gasteiger partial charge on any atom is -0.394 e. The molecular formula is C26H30N4O14S. The fourth-order valence-corrected chi connectivity index (χ4v) is 6.15. The molecule has 244 valence electrons. The van der Waals surface area contributed by atoms with Gasteiger partial charge in [0.15, 0.2) is 0 Å². The third-order valence-electron chi connectivity index (χ3n) is 7.31. The predicted octanol–water partition coefficient (Wildman–Crippen LogP) is -1.99. The molecule has 2 heterocycles. The molecule has 2 amide bonds. The van der Waals surface area contributed by atoms with Crippen LogP contribution in [0, 0.1) is 20.2 Å². The number of carbonyl (C=O) groups excluding carboxylic acids is 2. The first-order chi connectivity index (χ1) is 21.4. The highest BCUT2D eigenvalue weighted by Gasteiger charge is 2.50. The van der Waals surface area contributed by atoms with Gasteiger partial charge in [0.2, 0.25) is 0 Å². The average Bonchev–Trinajstić information content (AvgIpc) is 3.03. The number of nitrogens with zero attached hydrogens (tertiary/aromatic N) is 2. The molecule has 10 atom stereocenters. The van der Waals surface area contributed by atoms with Gasteiger partial charge in [-0.1, -0.05) is 11.8 Å². The molecule has 18 nitrogen and oxygen atoms in total. The molecular weight excluding hydrogens is 624 g/mol. The van der Waals surface area contributed by atoms with Gasteiger partial charge in [0.1, 0.15) is 47.5 Å². The number of hydrogen-bond donors (Lipinski definition) is 8. The Morgan fingerprint density at radius 1 is 0.667 bits per heavy atom. The largest absolute Gasteiger partial charge is 0.394 e. The van der Waals surface area contributed by atoms with E-state index in [0.29, 0.717) is 11.8 Å². The van der Waals surface area contributed by atoms with E-state index in [1.807, 2.05) is 0 Å². The second-order valence-corrected chi connectivity index (χ2v) is 11.4. The van der Waals surface area contributed by atoms with Crippen molar-refractivity contribution in [1.29, 1.82) is 0 Å². The number of amides is 2. The first-order valence-electron chi connectivity index (χ1n) is 13.4. The van der Waals surface area contributed by atoms with Crippen LogP contribution in [-0.2, 0) is 9.47 Å². The normalized spacial score (nSPS) is 31.5. The number of carbonyl (C=O) groups is 2. The zero-order valence-corrected chi connectivity index (χ0v) is 23.9. The molecule has 0 aromatic heterocycles. The molecule has 45 heavy (non-hydrogen) atoms. The number of nitro benzene ring substituents is 2. The van der Waals surface area contributed by atoms with Gasteiger partial charge in [0.25, 0.3) is 23.2 Å². The molecule has 0 spiro atoms. The van der Waals surface area contributed by atoms with Gasteiger partial charge in [-0.25, -0.2) is 0 Å². The van der Waals surface area contributed by atoms with Gasteiger partial charge in [-0.3, -0.25) is 29.8 Å². The summed E-state index contributed by atoms with van der Waals surface area (Å²) in [6.45, 7) is -1.51. The Balaban J connectivity index is 1.50. The molecule has 0 radical (unpaired) electrons. The van der Waals surface area contributed by atoms with Crippen LogP contribution >= 0.6 is 11.8 Å². The third-order valence-corrected chi connectivity index (χ3v) is 8.63. The Morgan fingerprint density at radius 3 is 1.29 bits per heavy atom. The van der Waals surface area contributed by atoms with Crippen LogP contribution in [0.5, 0.6) is 0 Å². The van der Waals surface area contributed by atoms with Gasteiger partial charge < -0.3 is 50.7 Å². The summed E-state index contributed by atoms with van der Waals surface area (Å²) in [5.74, 6) is -1.64. The van der Waals surface area contributed by atoms with Gasteiger partial charge >= 0.3 is 0 Å². The smallest absolute Gasteiger partial charge is 0.269 e. The number of ether oxygens (including phenoxy) is 2. The fraction of sp³-hybridized carbons (Fsp3) is 0.462. The van der Waals surface area contributed by atoms with E-state index in [1.165, 1.54) is 24.3 Å². The average molecular weight is 655 g/mol. The first-order valence-corrected chi connectivity index (χ1v) is 14.3. The first kappa shape index (κ1) is 34.1. The number of aliphatic hydroxyl groups is 6. The standard InChI is InChI=1S/C26H30N4O14S/c31-9-15-19(33)17(27-23(37)11-1-5-13(6-2-11)29(39)40)21(35)25(43-15)45-26-22(36)18(20(34)16(10-32)44-26)28-24(38)12-3-7-14(8-4-12)30(41)42/h1-8,15-22,25-26,31-36H,9-10H2,(H,27,37)(H,28,38)/t15?,16?,17?,18?,19-,20-,21?,22?,25-,26-/m0/s1. The predicted molar refractivity (Wildman–Crippen MR) is 152 cm³/mol. The lowest BCUT2D eigenvalue weighted by molar-refractivity contribution is -0.385. The van der Waals surface area contributed by atoms with Crippen LogP contribution in [-0.4, -0.2) is 125 Å². The summed E-state index contributed by atoms with van der Waals surface area (Å²) < 4.78 is 11.2. The summed E-state index contributed by atoms with van der Waals surface area (Å²) >= 11 is 0.622. The minimum absolute atomic E-state index is 0.0336. The van der Waals surface area contributed by atoms with Crippen LogP contribution < -0.4 is 10.6 Å². The third kappa shape index (κ3) is 7.54. The summed E-state index contributed by atoms with van der Waals surface area (Å²) in [4.78, 5) is 46.2. The van der Waals surface area contributed by atoms with Gasteiger partial charge in [-0.15, -0.1) is 0 Å². The molecule has 0 aliphatic carbocycles. The van der Waals surface area contributed by atoms with Crippen molar-refractivity contribution in [2.75, 3.05) is 13.2 Å². The lowest BCUT2D eigenvalue weighted by atomic mass is 9.96. The Hall–Kier alpha value is -3.79. The van der Waals surface area contributed by atoms with E-state index in [9.17, 15) is 60.5 Å². The van der Waals surface area contributed by atoms with E-state index in [-0.39, 0.29) is 22.5 Å². The molecule has 19 heteroatoms. The summed E-state index contributed by atoms with van der Waals surface area (Å²) in [5.41, 5.74) is -3.40. The van der Waals surface area contributed by atoms with Crippen molar-refractivity contribution in [2.45, 2.75) is 59.6 Å². The molecule has 2 aromatic rings. The molecule has 8 N–H and O–H groups in total. The van der Waals surface area contributed by atoms with Crippen molar-refractivity contribution in [3.63, 3.8) is 0 Å². The van der Waals surface area contributed by atoms with Gasteiger partial charge in [-0.2, -0.15) is 0 Å². The van der Waals surface area contributed by atoms with Crippen LogP contribution in [0.3, 0.4) is 0 Å². The van der Waals surface area contributed by atoms with E-state index in [0.717, 1.165) is 24.3 Å². The van der Waals surface area contributed by atoms with Crippen molar-refractivity contribution in [3.8, 4) is 0 Å². The molecule has 4 rings (SSSR count). The second-order valence-electron chi connectivity index (χ2n) is 10.2. The van der Waals surface area contributed by atoms with E-state index in [4.69, 9.17) is 9.47 Å². The maximum atomic E-state index is 12.9. The number of aliphatic hydroxyl groups excluding tert-OH is 6. The number of hydrogen-bond acceptors (Lipinski definition) is 15. The fourth-order valence-electron chi connectivity index (χ4n) is 4.81. The van der Waals surface area contributed by atoms with Crippen LogP contribution in [0.2, 0.25) is 0 Å². The van der Waals surface area contributed by atoms with Crippen LogP contribution in [0.15, 0.2) is 48.5 Å². The number of nitro groups is 2. The number of rotatable bonds is 10. The van der Waals surface area contributed by atoms with E-state index in [2.05, 4.69) is 10.6 Å². The van der Waals surface area contributed by atoms with Crippen molar-refractivity contribution in [1.82, 2.24) is 10.6 Å². The molecule has 6 unspecified atom stereocenters. The summed E-state index contributed by atoms with van der Waals surface area (Å²) in [6, 6.07) is 6.12. The SMILES string of the molecule is O=C(NC1C(O)[C@H](S[C@@H]2OC(CO)[C@H](O)C(NC(=O)c3ccc([N+](=O)[O-])cc3)C2O)OC(CO)[C@@H]1O)c1ccc([N+](=O)[O-])cc1. The zero-order chi connectivity index (χ0) is 33.0. The Kier molecular flexibility index (Phi) is 11.0. The van der Waals surface area contributed by atoms with Crippen molar-refractivity contribution >= 4 is 35.0 Å². The summed E-state index contributed by atoms with van der Waals surface area (Å²) in [6.07, 6.45) is -9.32. The number of non-ortho nitro benzene ring substituents is 2. The molecule has 2 fully saturated rings. The lowest BCUT2D eigenvalue weighted by Crippen LogP contribution is -2.66. The Bertz CT molecular complexity index is 1280. The summed E-state index contributed by atoms with van der Waals surface area (Å²) in [5, 5.41) is 89.9. The molecule has 2 saturated heterocycles. The minimum atomic E-state index is -1.70. The van der Waals surface area contributed by atoms with Crippen LogP contribution in [0.25, 0.3) is 0 Å². The van der Waals surface area contributed by atoms with Crippen LogP contribution in [0.1, 0.15) is 20.7 Å². The van der Waals surface area contributed by atoms with Gasteiger partial charge in [-0.05, 0) is 24.3 Å². The lowest BCUT2D eigenvalue weighted by Gasteiger charge is -2.46. The van der Waals surface area contributed by atoms with Crippen molar-refractivity contribution in [3.05, 3.63) is 79.9 Å². The highest BCUT2D eigenvalue weighted by atomic mass is 32.2. The van der Waals surface area contributed by atoms with Gasteiger partial charge in [0, 0.05) is 35.4 Å². The van der Waals surface area contributed by atoms with E-state index >= 15 is 0 Å². The number of thioether (sulfide) groups is 1. The van der Waals surface area contributed by atoms with Crippen LogP contribution in [0.4, 0.5) is 11.4 Å².